The van der Waals surface area contributed by atoms with Crippen molar-refractivity contribution in [2.24, 2.45) is 5.92 Å². The van der Waals surface area contributed by atoms with E-state index < -0.39 is 25.8 Å². The molecule has 2 N–H and O–H groups in total. The van der Waals surface area contributed by atoms with Crippen molar-refractivity contribution in [1.82, 2.24) is 5.32 Å². The van der Waals surface area contributed by atoms with Crippen LogP contribution in [0.4, 0.5) is 0 Å². The molecule has 9 heteroatoms. The third kappa shape index (κ3) is 4.65. The summed E-state index contributed by atoms with van der Waals surface area (Å²) in [5.41, 5.74) is 0.804. The standard InChI is InChI=1S/C19H24BNO7/c1-2-16(22)21-15-10-13-8-5-9-14(17(13)28-20(15)25)19(24)27-11-26-18(23)12-6-3-4-7-12/h5,8-9,12,15,25H,2-4,6-7,10-11H2,1H3,(H,21,22). The molecule has 0 saturated heterocycles. The van der Waals surface area contributed by atoms with Crippen LogP contribution < -0.4 is 9.97 Å². The molecule has 1 aliphatic carbocycles. The number of nitrogens with one attached hydrogen (secondary N) is 1. The highest BCUT2D eigenvalue weighted by Crippen LogP contribution is 2.31. The first-order valence-electron chi connectivity index (χ1n) is 9.59. The Morgan fingerprint density at radius 3 is 2.71 bits per heavy atom. The van der Waals surface area contributed by atoms with Crippen LogP contribution in [0, 0.1) is 5.92 Å². The van der Waals surface area contributed by atoms with Crippen LogP contribution in [0.3, 0.4) is 0 Å². The van der Waals surface area contributed by atoms with Crippen LogP contribution in [0.1, 0.15) is 54.9 Å². The van der Waals surface area contributed by atoms with Gasteiger partial charge in [-0.15, -0.1) is 0 Å². The van der Waals surface area contributed by atoms with Gasteiger partial charge in [0.1, 0.15) is 11.3 Å². The summed E-state index contributed by atoms with van der Waals surface area (Å²) in [4.78, 5) is 35.9. The molecule has 28 heavy (non-hydrogen) atoms. The number of fused-ring (bicyclic) bond motifs is 1. The van der Waals surface area contributed by atoms with Gasteiger partial charge in [-0.3, -0.25) is 9.59 Å². The summed E-state index contributed by atoms with van der Waals surface area (Å²) in [5, 5.41) is 12.9. The summed E-state index contributed by atoms with van der Waals surface area (Å²) in [6.07, 6.45) is 4.24. The fraction of sp³-hybridized carbons (Fsp3) is 0.526. The zero-order valence-electron chi connectivity index (χ0n) is 15.8. The Hall–Kier alpha value is -2.55. The van der Waals surface area contributed by atoms with E-state index >= 15 is 0 Å². The van der Waals surface area contributed by atoms with Crippen molar-refractivity contribution < 1.29 is 33.5 Å². The van der Waals surface area contributed by atoms with Gasteiger partial charge in [-0.2, -0.15) is 0 Å². The Morgan fingerprint density at radius 1 is 1.25 bits per heavy atom. The number of carbonyl (C=O) groups is 3. The zero-order chi connectivity index (χ0) is 20.1. The molecular weight excluding hydrogens is 365 g/mol. The minimum Gasteiger partial charge on any atom is -0.534 e. The molecule has 1 aromatic rings. The predicted molar refractivity (Wildman–Crippen MR) is 99.3 cm³/mol. The van der Waals surface area contributed by atoms with E-state index in [9.17, 15) is 19.4 Å². The fourth-order valence-electron chi connectivity index (χ4n) is 3.52. The highest BCUT2D eigenvalue weighted by Gasteiger charge is 2.37. The summed E-state index contributed by atoms with van der Waals surface area (Å²) in [6, 6.07) is 4.93. The fourth-order valence-corrected chi connectivity index (χ4v) is 3.52. The summed E-state index contributed by atoms with van der Waals surface area (Å²) >= 11 is 0. The van der Waals surface area contributed by atoms with E-state index in [0.29, 0.717) is 18.4 Å². The molecule has 1 heterocycles. The van der Waals surface area contributed by atoms with Crippen LogP contribution >= 0.6 is 0 Å². The number of para-hydroxylation sites is 1. The zero-order valence-corrected chi connectivity index (χ0v) is 15.8. The van der Waals surface area contributed by atoms with Gasteiger partial charge in [0.2, 0.25) is 12.7 Å². The molecule has 1 unspecified atom stereocenters. The van der Waals surface area contributed by atoms with Crippen LogP contribution in [0.2, 0.25) is 0 Å². The van der Waals surface area contributed by atoms with Crippen molar-refractivity contribution >= 4 is 25.0 Å². The Balaban J connectivity index is 1.60. The molecule has 1 aromatic carbocycles. The number of amides is 1. The van der Waals surface area contributed by atoms with Crippen molar-refractivity contribution in [3.05, 3.63) is 29.3 Å². The van der Waals surface area contributed by atoms with Crippen LogP contribution in [-0.2, 0) is 25.5 Å². The molecule has 150 valence electrons. The van der Waals surface area contributed by atoms with E-state index in [1.807, 2.05) is 0 Å². The van der Waals surface area contributed by atoms with Gasteiger partial charge in [0, 0.05) is 6.42 Å². The maximum Gasteiger partial charge on any atom is 0.547 e. The van der Waals surface area contributed by atoms with Crippen molar-refractivity contribution in [2.75, 3.05) is 6.79 Å². The monoisotopic (exact) mass is 389 g/mol. The Kier molecular flexibility index (Phi) is 6.56. The molecule has 8 nitrogen and oxygen atoms in total. The smallest absolute Gasteiger partial charge is 0.534 e. The molecule has 1 amide bonds. The van der Waals surface area contributed by atoms with E-state index in [1.165, 1.54) is 6.07 Å². The van der Waals surface area contributed by atoms with Crippen molar-refractivity contribution in [3.63, 3.8) is 0 Å². The minimum absolute atomic E-state index is 0.114. The SMILES string of the molecule is CCC(=O)NC1Cc2cccc(C(=O)OCOC(=O)C3CCCC3)c2OB1O. The first-order chi connectivity index (χ1) is 13.5. The van der Waals surface area contributed by atoms with E-state index in [0.717, 1.165) is 25.7 Å². The lowest BCUT2D eigenvalue weighted by Gasteiger charge is -2.29. The van der Waals surface area contributed by atoms with E-state index in [1.54, 1.807) is 19.1 Å². The second kappa shape index (κ2) is 9.10. The lowest BCUT2D eigenvalue weighted by Crippen LogP contribution is -2.53. The normalized spacial score (nSPS) is 18.8. The maximum absolute atomic E-state index is 12.4. The van der Waals surface area contributed by atoms with Crippen LogP contribution in [0.15, 0.2) is 18.2 Å². The number of ether oxygens (including phenoxy) is 2. The summed E-state index contributed by atoms with van der Waals surface area (Å²) < 4.78 is 15.6. The number of rotatable bonds is 6. The summed E-state index contributed by atoms with van der Waals surface area (Å²) in [7, 11) is -1.28. The third-order valence-corrected chi connectivity index (χ3v) is 5.09. The van der Waals surface area contributed by atoms with Gasteiger partial charge in [-0.25, -0.2) is 4.79 Å². The van der Waals surface area contributed by atoms with E-state index in [4.69, 9.17) is 14.1 Å². The van der Waals surface area contributed by atoms with Crippen molar-refractivity contribution in [2.45, 2.75) is 51.4 Å². The lowest BCUT2D eigenvalue weighted by atomic mass is 9.72. The number of carbonyl (C=O) groups excluding carboxylic acids is 3. The Labute approximate surface area is 163 Å². The first kappa shape index (κ1) is 20.2. The first-order valence-corrected chi connectivity index (χ1v) is 9.59. The Bertz CT molecular complexity index is 748. The highest BCUT2D eigenvalue weighted by atomic mass is 16.7. The largest absolute Gasteiger partial charge is 0.547 e. The molecule has 0 radical (unpaired) electrons. The molecule has 1 fully saturated rings. The number of hydrogen-bond donors (Lipinski definition) is 2. The predicted octanol–water partition coefficient (Wildman–Crippen LogP) is 1.38. The maximum atomic E-state index is 12.4. The number of hydrogen-bond acceptors (Lipinski definition) is 7. The Morgan fingerprint density at radius 2 is 2.00 bits per heavy atom. The molecular formula is C19H24BNO7. The second-order valence-corrected chi connectivity index (χ2v) is 7.03. The van der Waals surface area contributed by atoms with Gasteiger partial charge in [0.05, 0.1) is 11.9 Å². The lowest BCUT2D eigenvalue weighted by molar-refractivity contribution is -0.156. The number of benzene rings is 1. The third-order valence-electron chi connectivity index (χ3n) is 5.09. The summed E-state index contributed by atoms with van der Waals surface area (Å²) in [6.45, 7) is 1.25. The van der Waals surface area contributed by atoms with Gasteiger partial charge >= 0.3 is 19.1 Å². The molecule has 0 bridgehead atoms. The van der Waals surface area contributed by atoms with Gasteiger partial charge in [0.25, 0.3) is 0 Å². The molecule has 2 aliphatic rings. The van der Waals surface area contributed by atoms with E-state index in [-0.39, 0.29) is 29.1 Å². The van der Waals surface area contributed by atoms with Crippen LogP contribution in [0.5, 0.6) is 5.75 Å². The summed E-state index contributed by atoms with van der Waals surface area (Å²) in [5.74, 6) is -1.75. The number of esters is 2. The van der Waals surface area contributed by atoms with Crippen LogP contribution in [-0.4, -0.2) is 42.7 Å². The molecule has 0 spiro atoms. The van der Waals surface area contributed by atoms with Gasteiger partial charge in [-0.05, 0) is 30.9 Å². The van der Waals surface area contributed by atoms with Crippen LogP contribution in [0.25, 0.3) is 0 Å². The highest BCUT2D eigenvalue weighted by molar-refractivity contribution is 6.47. The second-order valence-electron chi connectivity index (χ2n) is 7.03. The molecule has 3 rings (SSSR count). The molecule has 1 saturated carbocycles. The van der Waals surface area contributed by atoms with Crippen molar-refractivity contribution in [1.29, 1.82) is 0 Å². The van der Waals surface area contributed by atoms with Gasteiger partial charge in [-0.1, -0.05) is 31.9 Å². The molecule has 0 aromatic heterocycles. The van der Waals surface area contributed by atoms with E-state index in [2.05, 4.69) is 5.32 Å². The van der Waals surface area contributed by atoms with Crippen molar-refractivity contribution in [3.8, 4) is 5.75 Å². The minimum atomic E-state index is -1.28. The average molecular weight is 389 g/mol. The quantitative estimate of drug-likeness (QED) is 0.430. The molecule has 1 aliphatic heterocycles. The average Bonchev–Trinajstić information content (AvgIpc) is 3.22. The van der Waals surface area contributed by atoms with Gasteiger partial charge < -0.3 is 24.5 Å². The topological polar surface area (TPSA) is 111 Å². The van der Waals surface area contributed by atoms with Gasteiger partial charge in [0.15, 0.2) is 0 Å². The molecule has 1 atom stereocenters.